The zero-order chi connectivity index (χ0) is 10.9. The Morgan fingerprint density at radius 3 is 2.53 bits per heavy atom. The molecule has 1 aromatic rings. The molecule has 2 rings (SSSR count). The molecule has 2 nitrogen and oxygen atoms in total. The average Bonchev–Trinajstić information content (AvgIpc) is 2.69. The minimum Gasteiger partial charge on any atom is -0.368 e. The molecule has 1 N–H and O–H groups in total. The summed E-state index contributed by atoms with van der Waals surface area (Å²) >= 11 is 0. The molecule has 0 aromatic heterocycles. The van der Waals surface area contributed by atoms with Crippen LogP contribution in [0.4, 0.5) is 0 Å². The maximum absolute atomic E-state index is 4.49. The van der Waals surface area contributed by atoms with Gasteiger partial charge < -0.3 is 5.32 Å². The first-order valence-corrected chi connectivity index (χ1v) is 5.47. The highest BCUT2D eigenvalue weighted by Gasteiger charge is 2.20. The van der Waals surface area contributed by atoms with Gasteiger partial charge in [-0.25, -0.2) is 0 Å². The number of nitrogens with zero attached hydrogens (tertiary/aromatic N) is 1. The fourth-order valence-corrected chi connectivity index (χ4v) is 1.92. The summed E-state index contributed by atoms with van der Waals surface area (Å²) in [5.41, 5.74) is 2.78. The molecular formula is C13H18N2. The van der Waals surface area contributed by atoms with Crippen LogP contribution in [0.15, 0.2) is 29.3 Å². The van der Waals surface area contributed by atoms with E-state index < -0.39 is 0 Å². The van der Waals surface area contributed by atoms with Gasteiger partial charge in [-0.3, -0.25) is 4.99 Å². The van der Waals surface area contributed by atoms with Crippen LogP contribution in [0.1, 0.15) is 31.9 Å². The lowest BCUT2D eigenvalue weighted by Crippen LogP contribution is -2.24. The van der Waals surface area contributed by atoms with Gasteiger partial charge in [0.25, 0.3) is 0 Å². The van der Waals surface area contributed by atoms with E-state index >= 15 is 0 Å². The minimum atomic E-state index is 0.170. The molecule has 0 saturated heterocycles. The Labute approximate surface area is 91.4 Å². The van der Waals surface area contributed by atoms with Crippen molar-refractivity contribution in [1.29, 1.82) is 0 Å². The monoisotopic (exact) mass is 202 g/mol. The number of amidine groups is 1. The van der Waals surface area contributed by atoms with Gasteiger partial charge in [0.05, 0.1) is 6.54 Å². The van der Waals surface area contributed by atoms with Gasteiger partial charge in [-0.05, 0) is 11.0 Å². The highest BCUT2D eigenvalue weighted by molar-refractivity contribution is 6.01. The lowest BCUT2D eigenvalue weighted by Gasteiger charge is -2.22. The lowest BCUT2D eigenvalue weighted by atomic mass is 9.83. The van der Waals surface area contributed by atoms with E-state index in [9.17, 15) is 0 Å². The van der Waals surface area contributed by atoms with Crippen LogP contribution in [0.3, 0.4) is 0 Å². The van der Waals surface area contributed by atoms with Gasteiger partial charge in [-0.1, -0.05) is 45.0 Å². The molecule has 0 radical (unpaired) electrons. The molecule has 1 aromatic carbocycles. The molecule has 0 saturated carbocycles. The Hall–Kier alpha value is -1.31. The van der Waals surface area contributed by atoms with Crippen LogP contribution in [0.25, 0.3) is 0 Å². The number of hydrogen-bond acceptors (Lipinski definition) is 2. The van der Waals surface area contributed by atoms with Gasteiger partial charge in [0, 0.05) is 12.1 Å². The molecule has 1 aliphatic rings. The van der Waals surface area contributed by atoms with E-state index in [0.717, 1.165) is 18.9 Å². The summed E-state index contributed by atoms with van der Waals surface area (Å²) in [6, 6.07) is 8.52. The third-order valence-corrected chi connectivity index (χ3v) is 2.66. The molecule has 0 bridgehead atoms. The van der Waals surface area contributed by atoms with Crippen LogP contribution in [0.5, 0.6) is 0 Å². The van der Waals surface area contributed by atoms with Gasteiger partial charge >= 0.3 is 0 Å². The number of hydrogen-bond donors (Lipinski definition) is 1. The largest absolute Gasteiger partial charge is 0.368 e. The van der Waals surface area contributed by atoms with Crippen molar-refractivity contribution in [2.24, 2.45) is 4.99 Å². The molecule has 1 aliphatic heterocycles. The van der Waals surface area contributed by atoms with E-state index in [1.165, 1.54) is 11.1 Å². The third-order valence-electron chi connectivity index (χ3n) is 2.66. The first-order valence-electron chi connectivity index (χ1n) is 5.47. The summed E-state index contributed by atoms with van der Waals surface area (Å²) in [4.78, 5) is 4.49. The SMILES string of the molecule is CC(C)(C)c1ccccc1C1=NCCN1. The molecule has 1 heterocycles. The smallest absolute Gasteiger partial charge is 0.128 e. The van der Waals surface area contributed by atoms with Crippen molar-refractivity contribution in [2.45, 2.75) is 26.2 Å². The Morgan fingerprint density at radius 1 is 1.20 bits per heavy atom. The highest BCUT2D eigenvalue weighted by Crippen LogP contribution is 2.26. The number of aliphatic imine (C=N–C) groups is 1. The molecule has 2 heteroatoms. The van der Waals surface area contributed by atoms with E-state index in [2.05, 4.69) is 55.3 Å². The summed E-state index contributed by atoms with van der Waals surface area (Å²) in [6.45, 7) is 8.58. The summed E-state index contributed by atoms with van der Waals surface area (Å²) in [5.74, 6) is 1.06. The fraction of sp³-hybridized carbons (Fsp3) is 0.462. The Morgan fingerprint density at radius 2 is 1.93 bits per heavy atom. The molecule has 0 fully saturated rings. The van der Waals surface area contributed by atoms with E-state index in [-0.39, 0.29) is 5.41 Å². The lowest BCUT2D eigenvalue weighted by molar-refractivity contribution is 0.589. The van der Waals surface area contributed by atoms with Gasteiger partial charge in [0.2, 0.25) is 0 Å². The topological polar surface area (TPSA) is 24.4 Å². The summed E-state index contributed by atoms with van der Waals surface area (Å²) < 4.78 is 0. The average molecular weight is 202 g/mol. The highest BCUT2D eigenvalue weighted by atomic mass is 15.1. The van der Waals surface area contributed by atoms with Crippen LogP contribution in [-0.4, -0.2) is 18.9 Å². The zero-order valence-corrected chi connectivity index (χ0v) is 9.67. The van der Waals surface area contributed by atoms with Crippen molar-refractivity contribution in [3.8, 4) is 0 Å². The van der Waals surface area contributed by atoms with E-state index in [4.69, 9.17) is 0 Å². The first kappa shape index (κ1) is 10.2. The van der Waals surface area contributed by atoms with Crippen LogP contribution in [0, 0.1) is 0 Å². The van der Waals surface area contributed by atoms with Gasteiger partial charge in [0.1, 0.15) is 5.84 Å². The predicted molar refractivity (Wildman–Crippen MR) is 64.5 cm³/mol. The molecule has 80 valence electrons. The second-order valence-electron chi connectivity index (χ2n) is 4.95. The molecule has 0 amide bonds. The van der Waals surface area contributed by atoms with Crippen molar-refractivity contribution in [3.05, 3.63) is 35.4 Å². The first-order chi connectivity index (χ1) is 7.09. The molecule has 0 unspecified atom stereocenters. The number of benzene rings is 1. The molecular weight excluding hydrogens is 184 g/mol. The minimum absolute atomic E-state index is 0.170. The van der Waals surface area contributed by atoms with Crippen LogP contribution in [-0.2, 0) is 5.41 Å². The van der Waals surface area contributed by atoms with Crippen molar-refractivity contribution < 1.29 is 0 Å². The Kier molecular flexibility index (Phi) is 2.51. The second kappa shape index (κ2) is 3.69. The third kappa shape index (κ3) is 2.04. The Balaban J connectivity index is 2.47. The Bertz CT molecular complexity index is 386. The van der Waals surface area contributed by atoms with Gasteiger partial charge in [-0.2, -0.15) is 0 Å². The van der Waals surface area contributed by atoms with Crippen molar-refractivity contribution in [3.63, 3.8) is 0 Å². The predicted octanol–water partition coefficient (Wildman–Crippen LogP) is 2.33. The fourth-order valence-electron chi connectivity index (χ4n) is 1.92. The maximum Gasteiger partial charge on any atom is 0.128 e. The molecule has 0 atom stereocenters. The normalized spacial score (nSPS) is 16.1. The molecule has 0 spiro atoms. The quantitative estimate of drug-likeness (QED) is 0.742. The van der Waals surface area contributed by atoms with Crippen LogP contribution in [0.2, 0.25) is 0 Å². The molecule has 15 heavy (non-hydrogen) atoms. The standard InChI is InChI=1S/C13H18N2/c1-13(2,3)11-7-5-4-6-10(11)12-14-8-9-15-12/h4-7H,8-9H2,1-3H3,(H,14,15). The second-order valence-corrected chi connectivity index (χ2v) is 4.95. The van der Waals surface area contributed by atoms with E-state index in [1.54, 1.807) is 0 Å². The number of rotatable bonds is 1. The van der Waals surface area contributed by atoms with E-state index in [1.807, 2.05) is 0 Å². The summed E-state index contributed by atoms with van der Waals surface area (Å²) in [7, 11) is 0. The summed E-state index contributed by atoms with van der Waals surface area (Å²) in [5, 5.41) is 3.34. The van der Waals surface area contributed by atoms with Crippen molar-refractivity contribution in [1.82, 2.24) is 5.32 Å². The van der Waals surface area contributed by atoms with Crippen LogP contribution < -0.4 is 5.32 Å². The molecule has 0 aliphatic carbocycles. The van der Waals surface area contributed by atoms with Crippen molar-refractivity contribution in [2.75, 3.05) is 13.1 Å². The summed E-state index contributed by atoms with van der Waals surface area (Å²) in [6.07, 6.45) is 0. The van der Waals surface area contributed by atoms with E-state index in [0.29, 0.717) is 0 Å². The number of nitrogens with one attached hydrogen (secondary N) is 1. The van der Waals surface area contributed by atoms with Crippen molar-refractivity contribution >= 4 is 5.84 Å². The van der Waals surface area contributed by atoms with Crippen LogP contribution >= 0.6 is 0 Å². The van der Waals surface area contributed by atoms with Gasteiger partial charge in [-0.15, -0.1) is 0 Å². The zero-order valence-electron chi connectivity index (χ0n) is 9.67. The van der Waals surface area contributed by atoms with Gasteiger partial charge in [0.15, 0.2) is 0 Å². The maximum atomic E-state index is 4.49.